The lowest BCUT2D eigenvalue weighted by atomic mass is 9.60. The Labute approximate surface area is 185 Å². The fraction of sp³-hybridized carbons (Fsp3) is 0.913. The molecule has 0 aromatic heterocycles. The number of halogens is 6. The van der Waals surface area contributed by atoms with Crippen LogP contribution in [-0.4, -0.2) is 45.0 Å². The number of hydrogen-bond acceptors (Lipinski definition) is 3. The van der Waals surface area contributed by atoms with E-state index in [-0.39, 0.29) is 29.6 Å². The zero-order valence-electron chi connectivity index (χ0n) is 18.8. The lowest BCUT2D eigenvalue weighted by Gasteiger charge is -2.45. The van der Waals surface area contributed by atoms with Crippen molar-refractivity contribution in [3.63, 3.8) is 0 Å². The fourth-order valence-electron chi connectivity index (χ4n) is 5.82. The van der Waals surface area contributed by atoms with Crippen LogP contribution < -0.4 is 0 Å². The minimum atomic E-state index is -5.97. The van der Waals surface area contributed by atoms with E-state index < -0.39 is 29.7 Å². The van der Waals surface area contributed by atoms with Crippen LogP contribution in [0.2, 0.25) is 0 Å². The largest absolute Gasteiger partial charge is 0.438 e. The molecule has 32 heavy (non-hydrogen) atoms. The summed E-state index contributed by atoms with van der Waals surface area (Å²) in [7, 11) is 0. The molecule has 2 saturated carbocycles. The van der Waals surface area contributed by atoms with E-state index in [1.54, 1.807) is 13.8 Å². The van der Waals surface area contributed by atoms with E-state index >= 15 is 0 Å². The third kappa shape index (κ3) is 5.74. The summed E-state index contributed by atoms with van der Waals surface area (Å²) >= 11 is 0. The standard InChI is InChI=1S/C23H34F6O3/c1-19(2,31)12-4-7-15(8-5-14-21(32,22(24,25)26)23(27,28)29)16-10-11-17-18(30)9-6-13-20(16,17)3/h15-18,30-32H,4,6-13H2,1-3H3/t15-,16?,17?,18-,20+/m0/s1. The van der Waals surface area contributed by atoms with Gasteiger partial charge in [-0.15, -0.1) is 0 Å². The summed E-state index contributed by atoms with van der Waals surface area (Å²) in [6.07, 6.45) is -7.33. The average Bonchev–Trinajstić information content (AvgIpc) is 2.95. The minimum Gasteiger partial charge on any atom is -0.393 e. The van der Waals surface area contributed by atoms with Crippen LogP contribution in [0.15, 0.2) is 0 Å². The van der Waals surface area contributed by atoms with Crippen LogP contribution in [-0.2, 0) is 0 Å². The molecule has 0 aromatic carbocycles. The molecule has 2 aliphatic carbocycles. The molecule has 0 aromatic rings. The Kier molecular flexibility index (Phi) is 7.96. The van der Waals surface area contributed by atoms with E-state index in [1.807, 2.05) is 5.92 Å². The van der Waals surface area contributed by atoms with E-state index in [4.69, 9.17) is 0 Å². The molecule has 3 N–H and O–H groups in total. The third-order valence-electron chi connectivity index (χ3n) is 7.55. The van der Waals surface area contributed by atoms with Crippen LogP contribution >= 0.6 is 0 Å². The number of fused-ring (bicyclic) bond motifs is 1. The third-order valence-corrected chi connectivity index (χ3v) is 7.55. The van der Waals surface area contributed by atoms with Gasteiger partial charge >= 0.3 is 18.0 Å². The van der Waals surface area contributed by atoms with Gasteiger partial charge in [0, 0.05) is 6.42 Å². The molecule has 0 saturated heterocycles. The van der Waals surface area contributed by atoms with Gasteiger partial charge in [0.15, 0.2) is 0 Å². The summed E-state index contributed by atoms with van der Waals surface area (Å²) in [5.74, 6) is 2.85. The van der Waals surface area contributed by atoms with E-state index in [9.17, 15) is 41.7 Å². The SMILES string of the molecule is CC(C)(O)CCC[C@@H](CC#CC(O)(C(F)(F)F)C(F)(F)F)C1CCC2[C@@H](O)CCC[C@]12C. The second kappa shape index (κ2) is 9.34. The molecule has 186 valence electrons. The molecule has 0 bridgehead atoms. The average molecular weight is 473 g/mol. The number of aliphatic hydroxyl groups is 3. The van der Waals surface area contributed by atoms with Crippen molar-refractivity contribution in [2.24, 2.45) is 23.2 Å². The van der Waals surface area contributed by atoms with Crippen molar-refractivity contribution >= 4 is 0 Å². The van der Waals surface area contributed by atoms with Crippen molar-refractivity contribution < 1.29 is 41.7 Å². The van der Waals surface area contributed by atoms with Gasteiger partial charge in [-0.05, 0) is 81.5 Å². The summed E-state index contributed by atoms with van der Waals surface area (Å²) in [6, 6.07) is 0. The van der Waals surface area contributed by atoms with Crippen molar-refractivity contribution in [3.05, 3.63) is 0 Å². The van der Waals surface area contributed by atoms with E-state index in [2.05, 4.69) is 6.92 Å². The van der Waals surface area contributed by atoms with Gasteiger partial charge in [0.25, 0.3) is 0 Å². The maximum absolute atomic E-state index is 13.0. The van der Waals surface area contributed by atoms with Crippen LogP contribution in [0.4, 0.5) is 26.3 Å². The first-order valence-corrected chi connectivity index (χ1v) is 11.2. The molecule has 3 nitrogen and oxygen atoms in total. The predicted molar refractivity (Wildman–Crippen MR) is 107 cm³/mol. The van der Waals surface area contributed by atoms with Crippen molar-refractivity contribution in [1.29, 1.82) is 0 Å². The zero-order chi connectivity index (χ0) is 24.6. The quantitative estimate of drug-likeness (QED) is 0.360. The first-order chi connectivity index (χ1) is 14.4. The predicted octanol–water partition coefficient (Wildman–Crippen LogP) is 5.37. The number of alkyl halides is 6. The summed E-state index contributed by atoms with van der Waals surface area (Å²) in [6.45, 7) is 5.33. The highest BCUT2D eigenvalue weighted by Gasteiger charge is 2.70. The summed E-state index contributed by atoms with van der Waals surface area (Å²) in [4.78, 5) is 0. The Balaban J connectivity index is 2.28. The van der Waals surface area contributed by atoms with Gasteiger partial charge < -0.3 is 15.3 Å². The highest BCUT2D eigenvalue weighted by atomic mass is 19.4. The van der Waals surface area contributed by atoms with Gasteiger partial charge in [0.1, 0.15) is 0 Å². The molecule has 9 heteroatoms. The molecule has 0 aliphatic heterocycles. The molecular formula is C23H34F6O3. The maximum atomic E-state index is 13.0. The summed E-state index contributed by atoms with van der Waals surface area (Å²) in [5, 5.41) is 29.8. The summed E-state index contributed by atoms with van der Waals surface area (Å²) < 4.78 is 77.7. The second-order valence-corrected chi connectivity index (χ2v) is 10.4. The lowest BCUT2D eigenvalue weighted by molar-refractivity contribution is -0.343. The highest BCUT2D eigenvalue weighted by molar-refractivity contribution is 5.21. The Bertz CT molecular complexity index is 686. The molecule has 0 amide bonds. The monoisotopic (exact) mass is 472 g/mol. The van der Waals surface area contributed by atoms with Gasteiger partial charge in [0.05, 0.1) is 11.7 Å². The van der Waals surface area contributed by atoms with Crippen LogP contribution in [0.1, 0.15) is 78.6 Å². The first kappa shape index (κ1) is 27.3. The first-order valence-electron chi connectivity index (χ1n) is 11.2. The van der Waals surface area contributed by atoms with E-state index in [1.165, 1.54) is 0 Å². The molecule has 0 spiro atoms. The van der Waals surface area contributed by atoms with Gasteiger partial charge in [-0.1, -0.05) is 25.7 Å². The van der Waals surface area contributed by atoms with Crippen LogP contribution in [0.25, 0.3) is 0 Å². The molecule has 2 aliphatic rings. The Morgan fingerprint density at radius 1 is 1.00 bits per heavy atom. The second-order valence-electron chi connectivity index (χ2n) is 10.4. The number of aliphatic hydroxyl groups excluding tert-OH is 1. The normalized spacial score (nSPS) is 30.4. The molecule has 2 fully saturated rings. The molecule has 0 heterocycles. The molecule has 0 radical (unpaired) electrons. The molecule has 2 rings (SSSR count). The number of hydrogen-bond donors (Lipinski definition) is 3. The van der Waals surface area contributed by atoms with Crippen molar-refractivity contribution in [3.8, 4) is 11.8 Å². The Hall–Kier alpha value is -0.980. The maximum Gasteiger partial charge on any atom is 0.438 e. The summed E-state index contributed by atoms with van der Waals surface area (Å²) in [5.41, 5.74) is -6.27. The van der Waals surface area contributed by atoms with Crippen molar-refractivity contribution in [2.45, 2.75) is 108 Å². The van der Waals surface area contributed by atoms with Gasteiger partial charge in [-0.3, -0.25) is 0 Å². The van der Waals surface area contributed by atoms with Gasteiger partial charge in [0.2, 0.25) is 0 Å². The lowest BCUT2D eigenvalue weighted by Crippen LogP contribution is -2.55. The van der Waals surface area contributed by atoms with Crippen LogP contribution in [0.3, 0.4) is 0 Å². The smallest absolute Gasteiger partial charge is 0.393 e. The van der Waals surface area contributed by atoms with Crippen LogP contribution in [0.5, 0.6) is 0 Å². The van der Waals surface area contributed by atoms with Crippen LogP contribution in [0, 0.1) is 35.0 Å². The van der Waals surface area contributed by atoms with Crippen molar-refractivity contribution in [2.75, 3.05) is 0 Å². The molecular weight excluding hydrogens is 438 g/mol. The fourth-order valence-corrected chi connectivity index (χ4v) is 5.82. The highest BCUT2D eigenvalue weighted by Crippen LogP contribution is 2.58. The Morgan fingerprint density at radius 2 is 1.59 bits per heavy atom. The molecule has 2 unspecified atom stereocenters. The molecule has 5 atom stereocenters. The van der Waals surface area contributed by atoms with E-state index in [0.717, 1.165) is 31.6 Å². The van der Waals surface area contributed by atoms with Gasteiger partial charge in [-0.25, -0.2) is 0 Å². The zero-order valence-corrected chi connectivity index (χ0v) is 18.8. The number of rotatable bonds is 6. The minimum absolute atomic E-state index is 0.0107. The topological polar surface area (TPSA) is 60.7 Å². The van der Waals surface area contributed by atoms with E-state index in [0.29, 0.717) is 25.7 Å². The van der Waals surface area contributed by atoms with Crippen molar-refractivity contribution in [1.82, 2.24) is 0 Å². The van der Waals surface area contributed by atoms with Gasteiger partial charge in [-0.2, -0.15) is 26.3 Å². The Morgan fingerprint density at radius 3 is 2.12 bits per heavy atom.